The molecule has 2 bridgehead atoms. The van der Waals surface area contributed by atoms with E-state index in [0.717, 1.165) is 10.9 Å². The van der Waals surface area contributed by atoms with Crippen LogP contribution in [0.1, 0.15) is 65.8 Å². The van der Waals surface area contributed by atoms with Gasteiger partial charge in [0.05, 0.1) is 17.5 Å². The first-order valence-corrected chi connectivity index (χ1v) is 12.2. The Morgan fingerprint density at radius 1 is 0.812 bits per heavy atom. The number of rotatable bonds is 3. The summed E-state index contributed by atoms with van der Waals surface area (Å²) in [5, 5.41) is 0. The van der Waals surface area contributed by atoms with Gasteiger partial charge in [0.1, 0.15) is 0 Å². The van der Waals surface area contributed by atoms with E-state index >= 15 is 0 Å². The van der Waals surface area contributed by atoms with Gasteiger partial charge in [-0.25, -0.2) is 4.90 Å². The highest BCUT2D eigenvalue weighted by Gasteiger charge is 2.61. The second kappa shape index (κ2) is 7.14. The third-order valence-electron chi connectivity index (χ3n) is 7.83. The van der Waals surface area contributed by atoms with Gasteiger partial charge in [0.2, 0.25) is 11.8 Å². The molecule has 32 heavy (non-hydrogen) atoms. The number of carbonyl (C=O) groups is 2. The molecule has 0 N–H and O–H groups in total. The molecule has 2 amide bonds. The van der Waals surface area contributed by atoms with E-state index in [2.05, 4.69) is 72.2 Å². The molecule has 0 saturated carbocycles. The van der Waals surface area contributed by atoms with Crippen LogP contribution in [-0.4, -0.2) is 11.8 Å². The minimum Gasteiger partial charge on any atom is -0.274 e. The van der Waals surface area contributed by atoms with Gasteiger partial charge in [-0.1, -0.05) is 72.2 Å². The molecule has 1 aliphatic heterocycles. The number of carbonyl (C=O) groups excluding carboxylic acids is 2. The van der Waals surface area contributed by atoms with Crippen molar-refractivity contribution in [2.75, 3.05) is 4.90 Å². The molecule has 3 nitrogen and oxygen atoms in total. The van der Waals surface area contributed by atoms with Crippen molar-refractivity contribution < 1.29 is 9.59 Å². The first-order valence-electron chi connectivity index (χ1n) is 11.4. The second-order valence-electron chi connectivity index (χ2n) is 9.32. The van der Waals surface area contributed by atoms with Gasteiger partial charge in [0.15, 0.2) is 0 Å². The van der Waals surface area contributed by atoms with Crippen LogP contribution in [-0.2, 0) is 9.59 Å². The van der Waals surface area contributed by atoms with E-state index in [4.69, 9.17) is 0 Å². The van der Waals surface area contributed by atoms with E-state index < -0.39 is 0 Å². The Bertz CT molecular complexity index is 1260. The standard InChI is InChI=1S/C28H24BrNO2/c1-3-15(2)16-8-13-21-22(14-16)24-20-7-5-4-6-19(20)23(21)25-26(24)28(32)30(27(25)31)18-11-9-17(29)10-12-18/h4-15,23-26H,3H2,1-2H3. The minimum absolute atomic E-state index is 0.0635. The van der Waals surface area contributed by atoms with Gasteiger partial charge in [0, 0.05) is 16.3 Å². The van der Waals surface area contributed by atoms with Crippen LogP contribution in [0.25, 0.3) is 0 Å². The summed E-state index contributed by atoms with van der Waals surface area (Å²) in [6.45, 7) is 4.45. The smallest absolute Gasteiger partial charge is 0.238 e. The second-order valence-corrected chi connectivity index (χ2v) is 10.2. The number of amides is 2. The predicted octanol–water partition coefficient (Wildman–Crippen LogP) is 6.36. The quantitative estimate of drug-likeness (QED) is 0.404. The summed E-state index contributed by atoms with van der Waals surface area (Å²) in [4.78, 5) is 29.0. The van der Waals surface area contributed by atoms with Gasteiger partial charge in [0.25, 0.3) is 0 Å². The molecule has 5 atom stereocenters. The highest BCUT2D eigenvalue weighted by Crippen LogP contribution is 2.61. The number of imide groups is 1. The molecule has 3 aliphatic carbocycles. The first kappa shape index (κ1) is 19.9. The third-order valence-corrected chi connectivity index (χ3v) is 8.36. The summed E-state index contributed by atoms with van der Waals surface area (Å²) >= 11 is 3.45. The highest BCUT2D eigenvalue weighted by atomic mass is 79.9. The lowest BCUT2D eigenvalue weighted by Gasteiger charge is -2.46. The SMILES string of the molecule is CCC(C)c1ccc2c(c1)C1c3ccccc3C2C2C(=O)N(c3ccc(Br)cc3)C(=O)C12. The van der Waals surface area contributed by atoms with Crippen molar-refractivity contribution in [3.8, 4) is 0 Å². The maximum absolute atomic E-state index is 13.8. The van der Waals surface area contributed by atoms with E-state index in [1.165, 1.54) is 32.7 Å². The molecule has 3 aromatic rings. The van der Waals surface area contributed by atoms with E-state index in [0.29, 0.717) is 11.6 Å². The van der Waals surface area contributed by atoms with Gasteiger partial charge < -0.3 is 0 Å². The Morgan fingerprint density at radius 3 is 1.97 bits per heavy atom. The average molecular weight is 486 g/mol. The molecule has 7 rings (SSSR count). The maximum atomic E-state index is 13.8. The molecule has 4 aliphatic rings. The van der Waals surface area contributed by atoms with Gasteiger partial charge in [-0.2, -0.15) is 0 Å². The van der Waals surface area contributed by atoms with Crippen LogP contribution in [0.3, 0.4) is 0 Å². The third kappa shape index (κ3) is 2.59. The van der Waals surface area contributed by atoms with Gasteiger partial charge >= 0.3 is 0 Å². The summed E-state index contributed by atoms with van der Waals surface area (Å²) < 4.78 is 0.926. The first-order chi connectivity index (χ1) is 15.5. The van der Waals surface area contributed by atoms with Crippen LogP contribution < -0.4 is 4.90 Å². The fourth-order valence-corrected chi connectivity index (χ4v) is 6.40. The van der Waals surface area contributed by atoms with E-state index in [-0.39, 0.29) is 35.5 Å². The lowest BCUT2D eigenvalue weighted by molar-refractivity contribution is -0.122. The van der Waals surface area contributed by atoms with Crippen molar-refractivity contribution in [2.24, 2.45) is 11.8 Å². The molecule has 1 saturated heterocycles. The largest absolute Gasteiger partial charge is 0.274 e. The Kier molecular flexibility index (Phi) is 4.45. The number of anilines is 1. The van der Waals surface area contributed by atoms with Crippen LogP contribution in [0.4, 0.5) is 5.69 Å². The molecule has 0 aromatic heterocycles. The molecular weight excluding hydrogens is 462 g/mol. The Hall–Kier alpha value is -2.72. The number of benzene rings is 3. The predicted molar refractivity (Wildman–Crippen MR) is 129 cm³/mol. The summed E-state index contributed by atoms with van der Waals surface area (Å²) in [6, 6.07) is 22.6. The van der Waals surface area contributed by atoms with E-state index in [1.807, 2.05) is 24.3 Å². The molecule has 4 heteroatoms. The molecule has 1 heterocycles. The van der Waals surface area contributed by atoms with Crippen LogP contribution in [0.15, 0.2) is 71.2 Å². The zero-order valence-corrected chi connectivity index (χ0v) is 19.7. The number of hydrogen-bond acceptors (Lipinski definition) is 2. The van der Waals surface area contributed by atoms with Crippen molar-refractivity contribution >= 4 is 33.4 Å². The van der Waals surface area contributed by atoms with Crippen LogP contribution >= 0.6 is 15.9 Å². The topological polar surface area (TPSA) is 37.4 Å². The molecule has 160 valence electrons. The Balaban J connectivity index is 1.54. The fraction of sp³-hybridized carbons (Fsp3) is 0.286. The van der Waals surface area contributed by atoms with Crippen molar-refractivity contribution in [2.45, 2.75) is 38.0 Å². The Labute approximate surface area is 196 Å². The van der Waals surface area contributed by atoms with E-state index in [9.17, 15) is 9.59 Å². The average Bonchev–Trinajstić information content (AvgIpc) is 3.09. The summed E-state index contributed by atoms with van der Waals surface area (Å²) in [5.74, 6) is -0.489. The number of halogens is 1. The molecule has 5 unspecified atom stereocenters. The summed E-state index contributed by atoms with van der Waals surface area (Å²) in [5.41, 5.74) is 6.86. The zero-order chi connectivity index (χ0) is 22.1. The lowest BCUT2D eigenvalue weighted by Crippen LogP contribution is -2.41. The van der Waals surface area contributed by atoms with Crippen molar-refractivity contribution in [1.82, 2.24) is 0 Å². The monoisotopic (exact) mass is 485 g/mol. The molecule has 1 fully saturated rings. The molecule has 3 aromatic carbocycles. The zero-order valence-electron chi connectivity index (χ0n) is 18.1. The molecule has 0 spiro atoms. The van der Waals surface area contributed by atoms with Crippen LogP contribution in [0.2, 0.25) is 0 Å². The minimum atomic E-state index is -0.342. The molecule has 0 radical (unpaired) electrons. The van der Waals surface area contributed by atoms with Crippen LogP contribution in [0.5, 0.6) is 0 Å². The molecular formula is C28H24BrNO2. The van der Waals surface area contributed by atoms with Crippen LogP contribution in [0, 0.1) is 11.8 Å². The van der Waals surface area contributed by atoms with Crippen molar-refractivity contribution in [1.29, 1.82) is 0 Å². The fourth-order valence-electron chi connectivity index (χ4n) is 6.13. The van der Waals surface area contributed by atoms with Gasteiger partial charge in [-0.15, -0.1) is 0 Å². The lowest BCUT2D eigenvalue weighted by atomic mass is 9.54. The highest BCUT2D eigenvalue weighted by molar-refractivity contribution is 9.10. The van der Waals surface area contributed by atoms with E-state index in [1.54, 1.807) is 0 Å². The number of hydrogen-bond donors (Lipinski definition) is 0. The van der Waals surface area contributed by atoms with Crippen molar-refractivity contribution in [3.63, 3.8) is 0 Å². The normalized spacial score (nSPS) is 26.0. The summed E-state index contributed by atoms with van der Waals surface area (Å²) in [6.07, 6.45) is 1.07. The number of nitrogens with zero attached hydrogens (tertiary/aromatic N) is 1. The van der Waals surface area contributed by atoms with Gasteiger partial charge in [-0.05, 0) is 64.4 Å². The maximum Gasteiger partial charge on any atom is 0.238 e. The summed E-state index contributed by atoms with van der Waals surface area (Å²) in [7, 11) is 0. The Morgan fingerprint density at radius 2 is 1.38 bits per heavy atom. The van der Waals surface area contributed by atoms with Gasteiger partial charge in [-0.3, -0.25) is 9.59 Å². The van der Waals surface area contributed by atoms with Crippen molar-refractivity contribution in [3.05, 3.63) is 99.0 Å².